The third kappa shape index (κ3) is 5.30. The van der Waals surface area contributed by atoms with Crippen molar-refractivity contribution in [2.75, 3.05) is 0 Å². The van der Waals surface area contributed by atoms with E-state index in [0.29, 0.717) is 12.7 Å². The summed E-state index contributed by atoms with van der Waals surface area (Å²) >= 11 is 0. The predicted octanol–water partition coefficient (Wildman–Crippen LogP) is 2.42. The van der Waals surface area contributed by atoms with Gasteiger partial charge in [-0.2, -0.15) is 0 Å². The third-order valence-corrected chi connectivity index (χ3v) is 2.55. The number of phenols is 1. The molecule has 0 aliphatic heterocycles. The van der Waals surface area contributed by atoms with Gasteiger partial charge < -0.3 is 20.0 Å². The average molecular weight is 279 g/mol. The van der Waals surface area contributed by atoms with Crippen LogP contribution >= 0.6 is 0 Å². The van der Waals surface area contributed by atoms with Gasteiger partial charge in [-0.25, -0.2) is 4.79 Å². The third-order valence-electron chi connectivity index (χ3n) is 2.55. The molecule has 0 spiro atoms. The van der Waals surface area contributed by atoms with Gasteiger partial charge in [-0.1, -0.05) is 12.1 Å². The second-order valence-electron chi connectivity index (χ2n) is 6.01. The fraction of sp³-hybridized carbons (Fsp3) is 0.467. The summed E-state index contributed by atoms with van der Waals surface area (Å²) < 4.78 is 5.14. The topological polar surface area (TPSA) is 75.6 Å². The van der Waals surface area contributed by atoms with E-state index in [4.69, 9.17) is 4.74 Å². The predicted molar refractivity (Wildman–Crippen MR) is 75.6 cm³/mol. The number of aldehydes is 1. The van der Waals surface area contributed by atoms with Crippen LogP contribution in [-0.4, -0.2) is 28.6 Å². The number of carbonyl (C=O) groups excluding carboxylic acids is 2. The number of hydrogen-bond acceptors (Lipinski definition) is 4. The Kier molecular flexibility index (Phi) is 4.76. The lowest BCUT2D eigenvalue weighted by Gasteiger charge is -2.27. The highest BCUT2D eigenvalue weighted by molar-refractivity contribution is 5.76. The molecule has 2 N–H and O–H groups in total. The highest BCUT2D eigenvalue weighted by Crippen LogP contribution is 2.16. The molecule has 0 fully saturated rings. The van der Waals surface area contributed by atoms with Gasteiger partial charge in [0.05, 0.1) is 5.54 Å². The second kappa shape index (κ2) is 5.94. The van der Waals surface area contributed by atoms with E-state index in [2.05, 4.69) is 5.32 Å². The van der Waals surface area contributed by atoms with Crippen molar-refractivity contribution in [2.45, 2.75) is 45.3 Å². The summed E-state index contributed by atoms with van der Waals surface area (Å²) in [5, 5.41) is 11.8. The minimum atomic E-state index is -1.06. The number of phenolic OH excluding ortho intramolecular Hbond substituents is 1. The zero-order chi connectivity index (χ0) is 15.4. The maximum Gasteiger partial charge on any atom is 0.408 e. The molecular formula is C15H21NO4. The molecule has 0 aliphatic rings. The highest BCUT2D eigenvalue weighted by atomic mass is 16.6. The van der Waals surface area contributed by atoms with Crippen LogP contribution in [0.3, 0.4) is 0 Å². The molecule has 1 unspecified atom stereocenters. The molecule has 0 bridgehead atoms. The molecule has 1 aromatic carbocycles. The number of hydrogen-bond donors (Lipinski definition) is 2. The van der Waals surface area contributed by atoms with Gasteiger partial charge >= 0.3 is 6.09 Å². The molecular weight excluding hydrogens is 258 g/mol. The van der Waals surface area contributed by atoms with Crippen molar-refractivity contribution in [3.8, 4) is 5.75 Å². The van der Waals surface area contributed by atoms with E-state index in [9.17, 15) is 14.7 Å². The van der Waals surface area contributed by atoms with Crippen molar-refractivity contribution in [2.24, 2.45) is 0 Å². The van der Waals surface area contributed by atoms with E-state index >= 15 is 0 Å². The number of nitrogens with one attached hydrogen (secondary N) is 1. The minimum absolute atomic E-state index is 0.154. The van der Waals surface area contributed by atoms with Crippen LogP contribution < -0.4 is 5.32 Å². The Bertz CT molecular complexity index is 476. The van der Waals surface area contributed by atoms with Crippen molar-refractivity contribution in [3.63, 3.8) is 0 Å². The van der Waals surface area contributed by atoms with Gasteiger partial charge in [-0.05, 0) is 45.4 Å². The van der Waals surface area contributed by atoms with E-state index in [1.807, 2.05) is 0 Å². The quantitative estimate of drug-likeness (QED) is 0.830. The maximum absolute atomic E-state index is 11.7. The number of carbonyl (C=O) groups is 2. The molecule has 0 radical (unpaired) electrons. The van der Waals surface area contributed by atoms with Gasteiger partial charge in [0.2, 0.25) is 0 Å². The van der Waals surface area contributed by atoms with Gasteiger partial charge in [-0.15, -0.1) is 0 Å². The first-order chi connectivity index (χ1) is 9.13. The van der Waals surface area contributed by atoms with Gasteiger partial charge in [0.25, 0.3) is 0 Å². The summed E-state index contributed by atoms with van der Waals surface area (Å²) in [6.45, 7) is 6.89. The Hall–Kier alpha value is -2.04. The summed E-state index contributed by atoms with van der Waals surface area (Å²) in [4.78, 5) is 23.0. The standard InChI is InChI=1S/C15H21NO4/c1-14(2,3)20-13(19)16-15(4,10-17)9-11-5-7-12(18)8-6-11/h5-8,10,18H,9H2,1-4H3,(H,16,19). The lowest BCUT2D eigenvalue weighted by atomic mass is 9.94. The molecule has 1 atom stereocenters. The first kappa shape index (κ1) is 16.0. The molecule has 5 nitrogen and oxygen atoms in total. The van der Waals surface area contributed by atoms with Crippen molar-refractivity contribution in [1.82, 2.24) is 5.32 Å². The maximum atomic E-state index is 11.7. The van der Waals surface area contributed by atoms with Crippen LogP contribution in [0.15, 0.2) is 24.3 Å². The highest BCUT2D eigenvalue weighted by Gasteiger charge is 2.28. The Morgan fingerprint density at radius 2 is 1.80 bits per heavy atom. The molecule has 0 aliphatic carbocycles. The van der Waals surface area contributed by atoms with E-state index in [1.165, 1.54) is 12.1 Å². The van der Waals surface area contributed by atoms with Gasteiger partial charge in [0.15, 0.2) is 0 Å². The fourth-order valence-electron chi connectivity index (χ4n) is 1.69. The summed E-state index contributed by atoms with van der Waals surface area (Å²) in [5.74, 6) is 0.154. The zero-order valence-corrected chi connectivity index (χ0v) is 12.3. The summed E-state index contributed by atoms with van der Waals surface area (Å²) in [6.07, 6.45) is 0.366. The summed E-state index contributed by atoms with van der Waals surface area (Å²) in [6, 6.07) is 6.48. The van der Waals surface area contributed by atoms with E-state index in [1.54, 1.807) is 39.8 Å². The Morgan fingerprint density at radius 1 is 1.25 bits per heavy atom. The lowest BCUT2D eigenvalue weighted by molar-refractivity contribution is -0.112. The van der Waals surface area contributed by atoms with Crippen LogP contribution in [0.1, 0.15) is 33.3 Å². The minimum Gasteiger partial charge on any atom is -0.508 e. The first-order valence-electron chi connectivity index (χ1n) is 6.39. The molecule has 110 valence electrons. The van der Waals surface area contributed by atoms with Crippen LogP contribution in [-0.2, 0) is 16.0 Å². The molecule has 0 heterocycles. The van der Waals surface area contributed by atoms with Crippen molar-refractivity contribution in [1.29, 1.82) is 0 Å². The van der Waals surface area contributed by atoms with Crippen molar-refractivity contribution >= 4 is 12.4 Å². The molecule has 20 heavy (non-hydrogen) atoms. The van der Waals surface area contributed by atoms with Crippen LogP contribution in [0, 0.1) is 0 Å². The Labute approximate surface area is 118 Å². The monoisotopic (exact) mass is 279 g/mol. The molecule has 1 aromatic rings. The van der Waals surface area contributed by atoms with E-state index in [0.717, 1.165) is 5.56 Å². The van der Waals surface area contributed by atoms with Gasteiger partial charge in [0.1, 0.15) is 17.6 Å². The molecule has 5 heteroatoms. The first-order valence-corrected chi connectivity index (χ1v) is 6.39. The Morgan fingerprint density at radius 3 is 2.25 bits per heavy atom. The van der Waals surface area contributed by atoms with Gasteiger partial charge in [0, 0.05) is 6.42 Å². The normalized spacial score (nSPS) is 14.2. The summed E-state index contributed by atoms with van der Waals surface area (Å²) in [7, 11) is 0. The van der Waals surface area contributed by atoms with E-state index < -0.39 is 17.2 Å². The van der Waals surface area contributed by atoms with Crippen LogP contribution in [0.25, 0.3) is 0 Å². The molecule has 0 aromatic heterocycles. The van der Waals surface area contributed by atoms with Gasteiger partial charge in [-0.3, -0.25) is 0 Å². The number of aromatic hydroxyl groups is 1. The van der Waals surface area contributed by atoms with Crippen LogP contribution in [0.5, 0.6) is 5.75 Å². The second-order valence-corrected chi connectivity index (χ2v) is 6.01. The van der Waals surface area contributed by atoms with Crippen molar-refractivity contribution < 1.29 is 19.4 Å². The largest absolute Gasteiger partial charge is 0.508 e. The number of ether oxygens (including phenoxy) is 1. The number of rotatable bonds is 4. The van der Waals surface area contributed by atoms with Crippen LogP contribution in [0.4, 0.5) is 4.79 Å². The van der Waals surface area contributed by atoms with E-state index in [-0.39, 0.29) is 5.75 Å². The van der Waals surface area contributed by atoms with Crippen LogP contribution in [0.2, 0.25) is 0 Å². The summed E-state index contributed by atoms with van der Waals surface area (Å²) in [5.41, 5.74) is -0.848. The molecule has 1 amide bonds. The average Bonchev–Trinajstić information content (AvgIpc) is 2.29. The molecule has 1 rings (SSSR count). The number of amides is 1. The smallest absolute Gasteiger partial charge is 0.408 e. The van der Waals surface area contributed by atoms with Crippen molar-refractivity contribution in [3.05, 3.63) is 29.8 Å². The fourth-order valence-corrected chi connectivity index (χ4v) is 1.69. The number of benzene rings is 1. The lowest BCUT2D eigenvalue weighted by Crippen LogP contribution is -2.50. The SMILES string of the molecule is CC(C=O)(Cc1ccc(O)cc1)NC(=O)OC(C)(C)C. The number of alkyl carbamates (subject to hydrolysis) is 1. The molecule has 0 saturated heterocycles. The zero-order valence-electron chi connectivity index (χ0n) is 12.3. The Balaban J connectivity index is 2.74. The molecule has 0 saturated carbocycles.